The quantitative estimate of drug-likeness (QED) is 0.784. The summed E-state index contributed by atoms with van der Waals surface area (Å²) in [6.07, 6.45) is 0. The van der Waals surface area contributed by atoms with Crippen LogP contribution in [-0.2, 0) is 0 Å². The van der Waals surface area contributed by atoms with Gasteiger partial charge in [-0.15, -0.1) is 0 Å². The van der Waals surface area contributed by atoms with Crippen LogP contribution in [0.5, 0.6) is 0 Å². The van der Waals surface area contributed by atoms with Crippen LogP contribution in [0, 0.1) is 0 Å². The van der Waals surface area contributed by atoms with Gasteiger partial charge in [-0.2, -0.15) is 20.5 Å². The van der Waals surface area contributed by atoms with Crippen LogP contribution in [0.2, 0.25) is 0 Å². The van der Waals surface area contributed by atoms with Crippen LogP contribution in [0.15, 0.2) is 69.0 Å². The number of rotatable bonds is 6. The topological polar surface area (TPSA) is 124 Å². The number of carboxylic acid groups (broad SMARTS) is 2. The Hall–Kier alpha value is -3.42. The Bertz CT molecular complexity index is 687. The first-order valence-electron chi connectivity index (χ1n) is 6.48. The third-order valence-electron chi connectivity index (χ3n) is 2.73. The summed E-state index contributed by atoms with van der Waals surface area (Å²) in [5.74, 6) is -2.01. The van der Waals surface area contributed by atoms with Crippen LogP contribution in [0.1, 0.15) is 20.7 Å². The Balaban J connectivity index is 1.88. The molecule has 0 saturated heterocycles. The molecule has 2 rings (SSSR count). The highest BCUT2D eigenvalue weighted by atomic mass is 16.4. The molecule has 23 heavy (non-hydrogen) atoms. The summed E-state index contributed by atoms with van der Waals surface area (Å²) in [6.45, 7) is 0.00135. The molecule has 8 nitrogen and oxygen atoms in total. The average molecular weight is 312 g/mol. The molecule has 0 spiro atoms. The predicted octanol–water partition coefficient (Wildman–Crippen LogP) is 3.91. The zero-order valence-electron chi connectivity index (χ0n) is 11.8. The molecule has 2 N–H and O–H groups in total. The number of carbonyl (C=O) groups is 2. The van der Waals surface area contributed by atoms with E-state index in [0.717, 1.165) is 0 Å². The van der Waals surface area contributed by atoms with Gasteiger partial charge in [0, 0.05) is 0 Å². The third-order valence-corrected chi connectivity index (χ3v) is 2.73. The maximum absolute atomic E-state index is 10.7. The summed E-state index contributed by atoms with van der Waals surface area (Å²) < 4.78 is 0. The van der Waals surface area contributed by atoms with Gasteiger partial charge in [-0.3, -0.25) is 0 Å². The second-order valence-corrected chi connectivity index (χ2v) is 4.33. The van der Waals surface area contributed by atoms with Crippen molar-refractivity contribution in [1.82, 2.24) is 0 Å². The van der Waals surface area contributed by atoms with Crippen molar-refractivity contribution in [2.45, 2.75) is 0 Å². The van der Waals surface area contributed by atoms with Crippen molar-refractivity contribution in [3.63, 3.8) is 0 Å². The Morgan fingerprint density at radius 3 is 1.35 bits per heavy atom. The van der Waals surface area contributed by atoms with Gasteiger partial charge in [0.15, 0.2) is 6.67 Å². The molecule has 8 heteroatoms. The molecule has 0 atom stereocenters. The van der Waals surface area contributed by atoms with Gasteiger partial charge in [0.1, 0.15) is 0 Å². The smallest absolute Gasteiger partial charge is 0.335 e. The van der Waals surface area contributed by atoms with Crippen LogP contribution < -0.4 is 0 Å². The molecule has 0 bridgehead atoms. The predicted molar refractivity (Wildman–Crippen MR) is 80.7 cm³/mol. The number of hydrogen-bond acceptors (Lipinski definition) is 6. The Kier molecular flexibility index (Phi) is 5.24. The number of hydrogen-bond donors (Lipinski definition) is 2. The Morgan fingerprint density at radius 1 is 0.696 bits per heavy atom. The minimum atomic E-state index is -1.00. The fourth-order valence-electron chi connectivity index (χ4n) is 1.60. The molecule has 0 aliphatic rings. The summed E-state index contributed by atoms with van der Waals surface area (Å²) in [7, 11) is 0. The van der Waals surface area contributed by atoms with Crippen molar-refractivity contribution in [3.8, 4) is 0 Å². The standard InChI is InChI=1S/C15H12N4O4/c20-14(21)10-1-5-12(6-2-10)18-16-9-17-19-13-7-3-11(4-8-13)15(22)23/h1-8H,9H2,(H,20,21)(H,22,23). The van der Waals surface area contributed by atoms with Crippen LogP contribution in [0.3, 0.4) is 0 Å². The first-order valence-corrected chi connectivity index (χ1v) is 6.48. The summed E-state index contributed by atoms with van der Waals surface area (Å²) in [4.78, 5) is 21.4. The van der Waals surface area contributed by atoms with Gasteiger partial charge in [0.25, 0.3) is 0 Å². The third kappa shape index (κ3) is 4.81. The van der Waals surface area contributed by atoms with Gasteiger partial charge in [-0.25, -0.2) is 9.59 Å². The fraction of sp³-hybridized carbons (Fsp3) is 0.0667. The van der Waals surface area contributed by atoms with E-state index >= 15 is 0 Å². The number of aromatic carboxylic acids is 2. The van der Waals surface area contributed by atoms with Crippen molar-refractivity contribution >= 4 is 23.3 Å². The summed E-state index contributed by atoms with van der Waals surface area (Å²) in [6, 6.07) is 11.9. The molecule has 0 radical (unpaired) electrons. The van der Waals surface area contributed by atoms with Gasteiger partial charge in [0.05, 0.1) is 22.5 Å². The van der Waals surface area contributed by atoms with E-state index in [1.807, 2.05) is 0 Å². The van der Waals surface area contributed by atoms with E-state index in [9.17, 15) is 9.59 Å². The zero-order chi connectivity index (χ0) is 16.7. The summed E-state index contributed by atoms with van der Waals surface area (Å²) in [5, 5.41) is 32.9. The molecule has 0 saturated carbocycles. The van der Waals surface area contributed by atoms with E-state index < -0.39 is 11.9 Å². The van der Waals surface area contributed by atoms with Crippen molar-refractivity contribution in [3.05, 3.63) is 59.7 Å². The maximum Gasteiger partial charge on any atom is 0.335 e. The largest absolute Gasteiger partial charge is 0.478 e. The van der Waals surface area contributed by atoms with Gasteiger partial charge in [-0.1, -0.05) is 0 Å². The van der Waals surface area contributed by atoms with Crippen LogP contribution in [0.25, 0.3) is 0 Å². The van der Waals surface area contributed by atoms with Crippen molar-refractivity contribution in [2.24, 2.45) is 20.5 Å². The lowest BCUT2D eigenvalue weighted by atomic mass is 10.2. The number of nitrogens with zero attached hydrogens (tertiary/aromatic N) is 4. The van der Waals surface area contributed by atoms with E-state index in [0.29, 0.717) is 11.4 Å². The molecule has 0 heterocycles. The second-order valence-electron chi connectivity index (χ2n) is 4.33. The van der Waals surface area contributed by atoms with Gasteiger partial charge < -0.3 is 10.2 Å². The van der Waals surface area contributed by atoms with Gasteiger partial charge in [0.2, 0.25) is 0 Å². The van der Waals surface area contributed by atoms with E-state index in [1.165, 1.54) is 48.5 Å². The van der Waals surface area contributed by atoms with Crippen LogP contribution in [-0.4, -0.2) is 28.8 Å². The van der Waals surface area contributed by atoms with Crippen molar-refractivity contribution in [2.75, 3.05) is 6.67 Å². The molecular weight excluding hydrogens is 300 g/mol. The number of azo groups is 2. The lowest BCUT2D eigenvalue weighted by Crippen LogP contribution is -1.94. The molecule has 2 aromatic rings. The summed E-state index contributed by atoms with van der Waals surface area (Å²) in [5.41, 5.74) is 1.37. The molecule has 0 aliphatic heterocycles. The average Bonchev–Trinajstić information content (AvgIpc) is 2.55. The van der Waals surface area contributed by atoms with Crippen molar-refractivity contribution in [1.29, 1.82) is 0 Å². The molecule has 0 aromatic heterocycles. The van der Waals surface area contributed by atoms with Gasteiger partial charge >= 0.3 is 11.9 Å². The first kappa shape index (κ1) is 16.0. The lowest BCUT2D eigenvalue weighted by Gasteiger charge is -1.95. The molecule has 0 aliphatic carbocycles. The number of benzene rings is 2. The number of carboxylic acids is 2. The fourth-order valence-corrected chi connectivity index (χ4v) is 1.60. The SMILES string of the molecule is O=C(O)c1ccc(N=NCN=Nc2ccc(C(=O)O)cc2)cc1. The molecule has 0 unspecified atom stereocenters. The molecular formula is C15H12N4O4. The highest BCUT2D eigenvalue weighted by Gasteiger charge is 2.01. The minimum Gasteiger partial charge on any atom is -0.478 e. The van der Waals surface area contributed by atoms with Crippen molar-refractivity contribution < 1.29 is 19.8 Å². The monoisotopic (exact) mass is 312 g/mol. The second kappa shape index (κ2) is 7.55. The van der Waals surface area contributed by atoms with Crippen LogP contribution in [0.4, 0.5) is 11.4 Å². The Morgan fingerprint density at radius 2 is 1.04 bits per heavy atom. The van der Waals surface area contributed by atoms with E-state index in [2.05, 4.69) is 20.5 Å². The zero-order valence-corrected chi connectivity index (χ0v) is 11.8. The highest BCUT2D eigenvalue weighted by molar-refractivity contribution is 5.88. The normalized spacial score (nSPS) is 11.1. The maximum atomic E-state index is 10.7. The molecule has 0 amide bonds. The molecule has 2 aromatic carbocycles. The van der Waals surface area contributed by atoms with E-state index in [4.69, 9.17) is 10.2 Å². The highest BCUT2D eigenvalue weighted by Crippen LogP contribution is 2.15. The summed E-state index contributed by atoms with van der Waals surface area (Å²) >= 11 is 0. The first-order chi connectivity index (χ1) is 11.1. The van der Waals surface area contributed by atoms with Gasteiger partial charge in [-0.05, 0) is 48.5 Å². The van der Waals surface area contributed by atoms with E-state index in [1.54, 1.807) is 0 Å². The molecule has 0 fully saturated rings. The van der Waals surface area contributed by atoms with Crippen LogP contribution >= 0.6 is 0 Å². The minimum absolute atomic E-state index is 0.00135. The van der Waals surface area contributed by atoms with E-state index in [-0.39, 0.29) is 17.8 Å². The lowest BCUT2D eigenvalue weighted by molar-refractivity contribution is 0.0686. The Labute approximate surface area is 130 Å². The molecule has 116 valence electrons.